The second-order valence-corrected chi connectivity index (χ2v) is 6.99. The van der Waals surface area contributed by atoms with Crippen LogP contribution in [0.25, 0.3) is 0 Å². The molecule has 1 amide bonds. The van der Waals surface area contributed by atoms with E-state index >= 15 is 0 Å². The molecule has 0 radical (unpaired) electrons. The molecular formula is C17H34N2O. The molecule has 1 aliphatic carbocycles. The molecule has 1 aliphatic rings. The number of nitrogens with one attached hydrogen (secondary N) is 2. The number of amides is 1. The van der Waals surface area contributed by atoms with Crippen molar-refractivity contribution in [3.63, 3.8) is 0 Å². The lowest BCUT2D eigenvalue weighted by Gasteiger charge is -2.31. The Bertz CT molecular complexity index is 279. The zero-order valence-electron chi connectivity index (χ0n) is 13.9. The van der Waals surface area contributed by atoms with Gasteiger partial charge >= 0.3 is 0 Å². The monoisotopic (exact) mass is 282 g/mol. The highest BCUT2D eigenvalue weighted by Crippen LogP contribution is 2.42. The van der Waals surface area contributed by atoms with E-state index in [1.54, 1.807) is 0 Å². The number of carbonyl (C=O) groups is 1. The average molecular weight is 282 g/mol. The van der Waals surface area contributed by atoms with Crippen molar-refractivity contribution >= 4 is 5.91 Å². The summed E-state index contributed by atoms with van der Waals surface area (Å²) in [6.45, 7) is 10.3. The van der Waals surface area contributed by atoms with Gasteiger partial charge in [-0.1, -0.05) is 40.5 Å². The summed E-state index contributed by atoms with van der Waals surface area (Å²) in [6, 6.07) is 0.334. The summed E-state index contributed by atoms with van der Waals surface area (Å²) in [5.41, 5.74) is 0.448. The maximum atomic E-state index is 11.9. The Balaban J connectivity index is 2.32. The molecule has 0 saturated heterocycles. The van der Waals surface area contributed by atoms with Gasteiger partial charge in [-0.25, -0.2) is 0 Å². The van der Waals surface area contributed by atoms with Crippen LogP contribution in [0.4, 0.5) is 0 Å². The van der Waals surface area contributed by atoms with E-state index < -0.39 is 0 Å². The van der Waals surface area contributed by atoms with Crippen molar-refractivity contribution in [3.8, 4) is 0 Å². The minimum absolute atomic E-state index is 0.149. The molecule has 0 aromatic heterocycles. The molecule has 118 valence electrons. The van der Waals surface area contributed by atoms with Gasteiger partial charge in [0.15, 0.2) is 0 Å². The van der Waals surface area contributed by atoms with E-state index in [2.05, 4.69) is 38.3 Å². The Morgan fingerprint density at radius 1 is 1.15 bits per heavy atom. The van der Waals surface area contributed by atoms with Crippen molar-refractivity contribution in [2.24, 2.45) is 11.3 Å². The number of carbonyl (C=O) groups excluding carboxylic acids is 1. The van der Waals surface area contributed by atoms with E-state index in [0.29, 0.717) is 18.0 Å². The van der Waals surface area contributed by atoms with Crippen LogP contribution >= 0.6 is 0 Å². The van der Waals surface area contributed by atoms with E-state index in [9.17, 15) is 4.79 Å². The van der Waals surface area contributed by atoms with Crippen molar-refractivity contribution in [3.05, 3.63) is 0 Å². The van der Waals surface area contributed by atoms with Gasteiger partial charge < -0.3 is 10.6 Å². The summed E-state index contributed by atoms with van der Waals surface area (Å²) in [7, 11) is 0. The minimum atomic E-state index is 0.149. The largest absolute Gasteiger partial charge is 0.352 e. The molecule has 0 heterocycles. The average Bonchev–Trinajstić information content (AvgIpc) is 2.83. The fourth-order valence-electron chi connectivity index (χ4n) is 3.66. The van der Waals surface area contributed by atoms with E-state index in [1.807, 2.05) is 0 Å². The lowest BCUT2D eigenvalue weighted by atomic mass is 9.78. The Morgan fingerprint density at radius 2 is 1.75 bits per heavy atom. The highest BCUT2D eigenvalue weighted by molar-refractivity contribution is 5.78. The zero-order valence-corrected chi connectivity index (χ0v) is 13.9. The smallest absolute Gasteiger partial charge is 0.234 e. The third-order valence-electron chi connectivity index (χ3n) is 4.64. The molecule has 0 aromatic rings. The minimum Gasteiger partial charge on any atom is -0.352 e. The molecule has 1 saturated carbocycles. The summed E-state index contributed by atoms with van der Waals surface area (Å²) in [6.07, 6.45) is 8.68. The van der Waals surface area contributed by atoms with Gasteiger partial charge in [-0.2, -0.15) is 0 Å². The summed E-state index contributed by atoms with van der Waals surface area (Å²) >= 11 is 0. The molecule has 0 atom stereocenters. The van der Waals surface area contributed by atoms with Gasteiger partial charge in [-0.15, -0.1) is 0 Å². The maximum absolute atomic E-state index is 11.9. The molecular weight excluding hydrogens is 248 g/mol. The molecule has 0 unspecified atom stereocenters. The number of rotatable bonds is 9. The van der Waals surface area contributed by atoms with Crippen LogP contribution in [-0.2, 0) is 4.79 Å². The van der Waals surface area contributed by atoms with Gasteiger partial charge in [0.25, 0.3) is 0 Å². The van der Waals surface area contributed by atoms with Gasteiger partial charge in [-0.05, 0) is 43.4 Å². The first-order valence-corrected chi connectivity index (χ1v) is 8.51. The SMILES string of the molecule is CCC(CC)NC(=O)CNCC1(CC(C)C)CCCC1. The van der Waals surface area contributed by atoms with Crippen molar-refractivity contribution in [1.29, 1.82) is 0 Å². The van der Waals surface area contributed by atoms with E-state index in [0.717, 1.165) is 25.3 Å². The van der Waals surface area contributed by atoms with Crippen molar-refractivity contribution in [2.75, 3.05) is 13.1 Å². The maximum Gasteiger partial charge on any atom is 0.234 e. The quantitative estimate of drug-likeness (QED) is 0.679. The molecule has 0 bridgehead atoms. The Morgan fingerprint density at radius 3 is 2.25 bits per heavy atom. The normalized spacial score (nSPS) is 17.9. The Hall–Kier alpha value is -0.570. The second kappa shape index (κ2) is 8.66. The molecule has 0 aromatic carbocycles. The fourth-order valence-corrected chi connectivity index (χ4v) is 3.66. The van der Waals surface area contributed by atoms with Crippen LogP contribution in [-0.4, -0.2) is 25.0 Å². The van der Waals surface area contributed by atoms with E-state index in [1.165, 1.54) is 32.1 Å². The Kier molecular flexibility index (Phi) is 7.57. The van der Waals surface area contributed by atoms with E-state index in [4.69, 9.17) is 0 Å². The number of hydrogen-bond donors (Lipinski definition) is 2. The van der Waals surface area contributed by atoms with Crippen LogP contribution in [0.3, 0.4) is 0 Å². The van der Waals surface area contributed by atoms with Crippen LogP contribution in [0, 0.1) is 11.3 Å². The van der Waals surface area contributed by atoms with Gasteiger partial charge in [0, 0.05) is 12.6 Å². The molecule has 1 fully saturated rings. The topological polar surface area (TPSA) is 41.1 Å². The third kappa shape index (κ3) is 5.82. The summed E-state index contributed by atoms with van der Waals surface area (Å²) in [4.78, 5) is 11.9. The molecule has 20 heavy (non-hydrogen) atoms. The van der Waals surface area contributed by atoms with Gasteiger partial charge in [0.1, 0.15) is 0 Å². The first-order chi connectivity index (χ1) is 9.51. The molecule has 2 N–H and O–H groups in total. The highest BCUT2D eigenvalue weighted by Gasteiger charge is 2.33. The standard InChI is InChI=1S/C17H34N2O/c1-5-15(6-2)19-16(20)12-18-13-17(11-14(3)4)9-7-8-10-17/h14-15,18H,5-13H2,1-4H3,(H,19,20). The molecule has 0 spiro atoms. The van der Waals surface area contributed by atoms with Gasteiger partial charge in [-0.3, -0.25) is 4.79 Å². The third-order valence-corrected chi connectivity index (χ3v) is 4.64. The predicted molar refractivity (Wildman–Crippen MR) is 85.7 cm³/mol. The van der Waals surface area contributed by atoms with Crippen molar-refractivity contribution < 1.29 is 4.79 Å². The van der Waals surface area contributed by atoms with Crippen LogP contribution in [0.1, 0.15) is 72.6 Å². The van der Waals surface area contributed by atoms with Crippen molar-refractivity contribution in [2.45, 2.75) is 78.7 Å². The summed E-state index contributed by atoms with van der Waals surface area (Å²) < 4.78 is 0. The fraction of sp³-hybridized carbons (Fsp3) is 0.941. The lowest BCUT2D eigenvalue weighted by molar-refractivity contribution is -0.121. The Labute approximate surface area is 125 Å². The second-order valence-electron chi connectivity index (χ2n) is 6.99. The predicted octanol–water partition coefficient (Wildman–Crippen LogP) is 3.49. The van der Waals surface area contributed by atoms with Crippen LogP contribution < -0.4 is 10.6 Å². The van der Waals surface area contributed by atoms with E-state index in [-0.39, 0.29) is 5.91 Å². The molecule has 3 nitrogen and oxygen atoms in total. The molecule has 1 rings (SSSR count). The van der Waals surface area contributed by atoms with Crippen molar-refractivity contribution in [1.82, 2.24) is 10.6 Å². The zero-order chi connectivity index (χ0) is 15.0. The van der Waals surface area contributed by atoms with Gasteiger partial charge in [0.2, 0.25) is 5.91 Å². The molecule has 0 aliphatic heterocycles. The summed E-state index contributed by atoms with van der Waals surface area (Å²) in [5, 5.41) is 6.51. The highest BCUT2D eigenvalue weighted by atomic mass is 16.1. The first-order valence-electron chi connectivity index (χ1n) is 8.51. The molecule has 3 heteroatoms. The van der Waals surface area contributed by atoms with Crippen LogP contribution in [0.5, 0.6) is 0 Å². The lowest BCUT2D eigenvalue weighted by Crippen LogP contribution is -2.42. The summed E-state index contributed by atoms with van der Waals surface area (Å²) in [5.74, 6) is 0.893. The van der Waals surface area contributed by atoms with Crippen LogP contribution in [0.2, 0.25) is 0 Å². The number of hydrogen-bond acceptors (Lipinski definition) is 2. The van der Waals surface area contributed by atoms with Crippen LogP contribution in [0.15, 0.2) is 0 Å². The first kappa shape index (κ1) is 17.5. The van der Waals surface area contributed by atoms with Gasteiger partial charge in [0.05, 0.1) is 6.54 Å².